The Labute approximate surface area is 113 Å². The van der Waals surface area contributed by atoms with Crippen LogP contribution >= 0.6 is 12.2 Å². The van der Waals surface area contributed by atoms with Gasteiger partial charge in [-0.3, -0.25) is 0 Å². The third-order valence-corrected chi connectivity index (χ3v) is 3.46. The molecule has 0 bridgehead atoms. The van der Waals surface area contributed by atoms with E-state index in [1.807, 2.05) is 0 Å². The molecule has 3 heteroatoms. The summed E-state index contributed by atoms with van der Waals surface area (Å²) in [4.78, 5) is 7.46. The highest BCUT2D eigenvalue weighted by Gasteiger charge is 2.09. The Morgan fingerprint density at radius 1 is 1.28 bits per heavy atom. The standard InChI is InChI=1S/C15H18N2S/c1-4-5-12-14(16-9-17-15(12)18)13-8-10(2)6-7-11(13)3/h6-9H,4-5H2,1-3H3,(H,16,17,18). The van der Waals surface area contributed by atoms with Crippen molar-refractivity contribution in [2.45, 2.75) is 33.6 Å². The van der Waals surface area contributed by atoms with Crippen LogP contribution in [0.15, 0.2) is 24.5 Å². The van der Waals surface area contributed by atoms with E-state index >= 15 is 0 Å². The summed E-state index contributed by atoms with van der Waals surface area (Å²) < 4.78 is 0.714. The number of H-pyrrole nitrogens is 1. The molecule has 1 aromatic carbocycles. The van der Waals surface area contributed by atoms with Crippen LogP contribution in [0.1, 0.15) is 30.0 Å². The van der Waals surface area contributed by atoms with E-state index in [0.717, 1.165) is 24.1 Å². The van der Waals surface area contributed by atoms with Gasteiger partial charge in [0.2, 0.25) is 0 Å². The maximum atomic E-state index is 5.35. The van der Waals surface area contributed by atoms with E-state index < -0.39 is 0 Å². The predicted molar refractivity (Wildman–Crippen MR) is 78.3 cm³/mol. The number of aromatic nitrogens is 2. The molecule has 0 aliphatic heterocycles. The molecule has 1 heterocycles. The maximum Gasteiger partial charge on any atom is 0.133 e. The second-order valence-electron chi connectivity index (χ2n) is 4.63. The van der Waals surface area contributed by atoms with E-state index in [9.17, 15) is 0 Å². The molecule has 0 atom stereocenters. The number of rotatable bonds is 3. The van der Waals surface area contributed by atoms with E-state index in [-0.39, 0.29) is 0 Å². The molecule has 1 N–H and O–H groups in total. The minimum atomic E-state index is 0.714. The summed E-state index contributed by atoms with van der Waals surface area (Å²) in [6.07, 6.45) is 3.73. The number of hydrogen-bond acceptors (Lipinski definition) is 2. The number of benzene rings is 1. The van der Waals surface area contributed by atoms with Crippen molar-refractivity contribution >= 4 is 12.2 Å². The fourth-order valence-corrected chi connectivity index (χ4v) is 2.41. The van der Waals surface area contributed by atoms with E-state index in [2.05, 4.69) is 48.9 Å². The number of hydrogen-bond donors (Lipinski definition) is 1. The molecule has 2 nitrogen and oxygen atoms in total. The highest BCUT2D eigenvalue weighted by molar-refractivity contribution is 7.71. The topological polar surface area (TPSA) is 28.7 Å². The van der Waals surface area contributed by atoms with Crippen molar-refractivity contribution in [3.05, 3.63) is 45.9 Å². The van der Waals surface area contributed by atoms with Gasteiger partial charge in [-0.1, -0.05) is 43.3 Å². The molecule has 0 spiro atoms. The van der Waals surface area contributed by atoms with Crippen LogP contribution in [0.4, 0.5) is 0 Å². The van der Waals surface area contributed by atoms with Crippen LogP contribution in [0.5, 0.6) is 0 Å². The van der Waals surface area contributed by atoms with Crippen LogP contribution < -0.4 is 0 Å². The van der Waals surface area contributed by atoms with Crippen LogP contribution in [-0.4, -0.2) is 9.97 Å². The molecule has 0 saturated carbocycles. The average Bonchev–Trinajstić information content (AvgIpc) is 2.35. The summed E-state index contributed by atoms with van der Waals surface area (Å²) in [5.41, 5.74) is 6.03. The predicted octanol–water partition coefficient (Wildman–Crippen LogP) is 4.38. The van der Waals surface area contributed by atoms with E-state index in [0.29, 0.717) is 4.64 Å². The van der Waals surface area contributed by atoms with Gasteiger partial charge in [-0.15, -0.1) is 0 Å². The molecule has 0 aliphatic rings. The number of nitrogens with zero attached hydrogens (tertiary/aromatic N) is 1. The zero-order chi connectivity index (χ0) is 13.1. The van der Waals surface area contributed by atoms with Crippen LogP contribution in [0.3, 0.4) is 0 Å². The van der Waals surface area contributed by atoms with Gasteiger partial charge in [-0.25, -0.2) is 4.98 Å². The largest absolute Gasteiger partial charge is 0.346 e. The first-order chi connectivity index (χ1) is 8.63. The summed E-state index contributed by atoms with van der Waals surface area (Å²) in [5.74, 6) is 0. The second kappa shape index (κ2) is 5.44. The Morgan fingerprint density at radius 3 is 2.78 bits per heavy atom. The quantitative estimate of drug-likeness (QED) is 0.828. The van der Waals surface area contributed by atoms with Crippen molar-refractivity contribution in [1.29, 1.82) is 0 Å². The lowest BCUT2D eigenvalue weighted by Gasteiger charge is -2.12. The van der Waals surface area contributed by atoms with E-state index in [4.69, 9.17) is 12.2 Å². The Balaban J connectivity index is 2.67. The zero-order valence-electron chi connectivity index (χ0n) is 11.1. The minimum absolute atomic E-state index is 0.714. The van der Waals surface area contributed by atoms with E-state index in [1.54, 1.807) is 6.33 Å². The molecular weight excluding hydrogens is 240 g/mol. The molecule has 0 unspecified atom stereocenters. The molecule has 0 saturated heterocycles. The summed E-state index contributed by atoms with van der Waals surface area (Å²) in [6.45, 7) is 6.40. The molecule has 0 radical (unpaired) electrons. The van der Waals surface area contributed by atoms with Crippen LogP contribution in [-0.2, 0) is 6.42 Å². The Hall–Kier alpha value is -1.48. The first-order valence-corrected chi connectivity index (χ1v) is 6.68. The fraction of sp³-hybridized carbons (Fsp3) is 0.333. The Morgan fingerprint density at radius 2 is 2.06 bits per heavy atom. The summed E-state index contributed by atoms with van der Waals surface area (Å²) in [7, 11) is 0. The second-order valence-corrected chi connectivity index (χ2v) is 5.02. The van der Waals surface area contributed by atoms with E-state index in [1.165, 1.54) is 16.7 Å². The van der Waals surface area contributed by atoms with Gasteiger partial charge in [0.05, 0.1) is 12.0 Å². The van der Waals surface area contributed by atoms with Crippen molar-refractivity contribution in [1.82, 2.24) is 9.97 Å². The van der Waals surface area contributed by atoms with Crippen molar-refractivity contribution in [3.63, 3.8) is 0 Å². The molecular formula is C15H18N2S. The monoisotopic (exact) mass is 258 g/mol. The minimum Gasteiger partial charge on any atom is -0.346 e. The van der Waals surface area contributed by atoms with Crippen LogP contribution in [0.25, 0.3) is 11.3 Å². The van der Waals surface area contributed by atoms with Gasteiger partial charge in [-0.05, 0) is 31.9 Å². The van der Waals surface area contributed by atoms with Crippen LogP contribution in [0.2, 0.25) is 0 Å². The summed E-state index contributed by atoms with van der Waals surface area (Å²) in [6, 6.07) is 6.49. The lowest BCUT2D eigenvalue weighted by Crippen LogP contribution is -1.98. The third-order valence-electron chi connectivity index (χ3n) is 3.11. The number of aryl methyl sites for hydroxylation is 2. The lowest BCUT2D eigenvalue weighted by molar-refractivity contribution is 0.898. The van der Waals surface area contributed by atoms with Gasteiger partial charge in [0, 0.05) is 11.1 Å². The van der Waals surface area contributed by atoms with Crippen molar-refractivity contribution in [3.8, 4) is 11.3 Å². The molecule has 0 amide bonds. The molecule has 94 valence electrons. The summed E-state index contributed by atoms with van der Waals surface area (Å²) >= 11 is 5.35. The zero-order valence-corrected chi connectivity index (χ0v) is 11.9. The maximum absolute atomic E-state index is 5.35. The molecule has 18 heavy (non-hydrogen) atoms. The van der Waals surface area contributed by atoms with Crippen LogP contribution in [0, 0.1) is 18.5 Å². The first kappa shape index (κ1) is 13.0. The van der Waals surface area contributed by atoms with Crippen molar-refractivity contribution in [2.75, 3.05) is 0 Å². The highest BCUT2D eigenvalue weighted by Crippen LogP contribution is 2.26. The fourth-order valence-electron chi connectivity index (χ4n) is 2.15. The Bertz CT molecular complexity index is 614. The highest BCUT2D eigenvalue weighted by atomic mass is 32.1. The average molecular weight is 258 g/mol. The lowest BCUT2D eigenvalue weighted by atomic mass is 9.98. The normalized spacial score (nSPS) is 10.6. The van der Waals surface area contributed by atoms with Crippen molar-refractivity contribution < 1.29 is 0 Å². The van der Waals surface area contributed by atoms with Gasteiger partial charge in [0.25, 0.3) is 0 Å². The molecule has 0 fully saturated rings. The van der Waals surface area contributed by atoms with Gasteiger partial charge >= 0.3 is 0 Å². The summed E-state index contributed by atoms with van der Waals surface area (Å²) in [5, 5.41) is 0. The third kappa shape index (κ3) is 2.51. The van der Waals surface area contributed by atoms with Gasteiger partial charge in [0.1, 0.15) is 4.64 Å². The SMILES string of the molecule is CCCc1c(-c2cc(C)ccc2C)[nH]cnc1=S. The number of nitrogens with one attached hydrogen (secondary N) is 1. The van der Waals surface area contributed by atoms with Gasteiger partial charge in [-0.2, -0.15) is 0 Å². The smallest absolute Gasteiger partial charge is 0.133 e. The number of aromatic amines is 1. The van der Waals surface area contributed by atoms with Gasteiger partial charge < -0.3 is 4.98 Å². The molecule has 0 aliphatic carbocycles. The Kier molecular flexibility index (Phi) is 3.92. The van der Waals surface area contributed by atoms with Gasteiger partial charge in [0.15, 0.2) is 0 Å². The van der Waals surface area contributed by atoms with Crippen molar-refractivity contribution in [2.24, 2.45) is 0 Å². The first-order valence-electron chi connectivity index (χ1n) is 6.27. The molecule has 2 rings (SSSR count). The molecule has 2 aromatic rings. The molecule has 1 aromatic heterocycles.